The van der Waals surface area contributed by atoms with Gasteiger partial charge >= 0.3 is 18.1 Å². The summed E-state index contributed by atoms with van der Waals surface area (Å²) in [6, 6.07) is 14.6. The molecule has 34 heavy (non-hydrogen) atoms. The molecule has 1 aliphatic heterocycles. The molecule has 0 fully saturated rings. The monoisotopic (exact) mass is 477 g/mol. The number of hydrogen-bond donors (Lipinski definition) is 2. The summed E-state index contributed by atoms with van der Waals surface area (Å²) in [7, 11) is 0. The summed E-state index contributed by atoms with van der Waals surface area (Å²) in [6.45, 7) is 4.86. The van der Waals surface area contributed by atoms with E-state index in [1.54, 1.807) is 6.07 Å². The molecule has 3 rings (SSSR count). The van der Waals surface area contributed by atoms with E-state index < -0.39 is 23.7 Å². The third-order valence-corrected chi connectivity index (χ3v) is 5.60. The fourth-order valence-electron chi connectivity index (χ4n) is 3.61. The SMILES string of the molecule is CCCCc1ccc(CCN2CC=C(c3cccc(C(F)(F)F)c3)CC2)cc1.O=C(O)C(=O)O. The third kappa shape index (κ3) is 9.02. The average molecular weight is 478 g/mol. The molecule has 2 aromatic rings. The van der Waals surface area contributed by atoms with Crippen LogP contribution in [0.25, 0.3) is 5.57 Å². The highest BCUT2D eigenvalue weighted by atomic mass is 19.4. The largest absolute Gasteiger partial charge is 0.473 e. The molecule has 2 aromatic carbocycles. The van der Waals surface area contributed by atoms with Gasteiger partial charge in [-0.25, -0.2) is 9.59 Å². The van der Waals surface area contributed by atoms with Crippen LogP contribution in [0.4, 0.5) is 13.2 Å². The van der Waals surface area contributed by atoms with Crippen molar-refractivity contribution in [2.75, 3.05) is 19.6 Å². The van der Waals surface area contributed by atoms with Crippen LogP contribution in [0.3, 0.4) is 0 Å². The first-order valence-electron chi connectivity index (χ1n) is 11.2. The summed E-state index contributed by atoms with van der Waals surface area (Å²) in [6.07, 6.45) is 3.17. The van der Waals surface area contributed by atoms with E-state index in [0.29, 0.717) is 5.56 Å². The molecule has 2 N–H and O–H groups in total. The van der Waals surface area contributed by atoms with Crippen molar-refractivity contribution in [1.82, 2.24) is 4.90 Å². The van der Waals surface area contributed by atoms with Crippen molar-refractivity contribution in [1.29, 1.82) is 0 Å². The van der Waals surface area contributed by atoms with E-state index in [-0.39, 0.29) is 0 Å². The highest BCUT2D eigenvalue weighted by molar-refractivity contribution is 6.27. The maximum Gasteiger partial charge on any atom is 0.416 e. The van der Waals surface area contributed by atoms with E-state index in [2.05, 4.69) is 42.2 Å². The van der Waals surface area contributed by atoms with E-state index in [4.69, 9.17) is 19.8 Å². The van der Waals surface area contributed by atoms with Crippen molar-refractivity contribution >= 4 is 17.5 Å². The van der Waals surface area contributed by atoms with Crippen LogP contribution >= 0.6 is 0 Å². The molecule has 0 radical (unpaired) electrons. The number of aryl methyl sites for hydroxylation is 1. The molecule has 0 aliphatic carbocycles. The van der Waals surface area contributed by atoms with E-state index >= 15 is 0 Å². The van der Waals surface area contributed by atoms with Crippen molar-refractivity contribution < 1.29 is 33.0 Å². The highest BCUT2D eigenvalue weighted by Crippen LogP contribution is 2.32. The Morgan fingerprint density at radius 3 is 2.09 bits per heavy atom. The van der Waals surface area contributed by atoms with Gasteiger partial charge in [0.05, 0.1) is 5.56 Å². The van der Waals surface area contributed by atoms with Crippen LogP contribution in [-0.2, 0) is 28.6 Å². The van der Waals surface area contributed by atoms with Gasteiger partial charge in [-0.3, -0.25) is 4.90 Å². The van der Waals surface area contributed by atoms with Crippen LogP contribution < -0.4 is 0 Å². The zero-order chi connectivity index (χ0) is 25.1. The van der Waals surface area contributed by atoms with Gasteiger partial charge in [-0.05, 0) is 60.1 Å². The molecule has 184 valence electrons. The van der Waals surface area contributed by atoms with E-state index in [1.165, 1.54) is 36.1 Å². The molecule has 1 aliphatic rings. The standard InChI is InChI=1S/C24H28F3N.C2H2O4/c1-2-3-5-19-8-10-20(11-9-19)12-15-28-16-13-21(14-17-28)22-6-4-7-23(18-22)24(25,26)27;3-1(4)2(5)6/h4,6-11,13,18H,2-3,5,12,14-17H2,1H3;(H,3,4)(H,5,6). The second kappa shape index (κ2) is 12.9. The number of carbonyl (C=O) groups is 2. The fraction of sp³-hybridized carbons (Fsp3) is 0.385. The predicted octanol–water partition coefficient (Wildman–Crippen LogP) is 5.54. The first-order chi connectivity index (χ1) is 16.1. The Labute approximate surface area is 197 Å². The van der Waals surface area contributed by atoms with Gasteiger partial charge in [0.25, 0.3) is 0 Å². The number of rotatable bonds is 7. The van der Waals surface area contributed by atoms with Crippen molar-refractivity contribution in [2.24, 2.45) is 0 Å². The van der Waals surface area contributed by atoms with Crippen LogP contribution in [0.15, 0.2) is 54.6 Å². The lowest BCUT2D eigenvalue weighted by molar-refractivity contribution is -0.159. The molecule has 0 amide bonds. The molecule has 8 heteroatoms. The Morgan fingerprint density at radius 2 is 1.59 bits per heavy atom. The molecular formula is C26H30F3NO4. The molecular weight excluding hydrogens is 447 g/mol. The van der Waals surface area contributed by atoms with Gasteiger partial charge in [0, 0.05) is 19.6 Å². The van der Waals surface area contributed by atoms with Crippen molar-refractivity contribution in [3.05, 3.63) is 76.9 Å². The normalized spacial score (nSPS) is 14.1. The van der Waals surface area contributed by atoms with Crippen LogP contribution in [-0.4, -0.2) is 46.7 Å². The summed E-state index contributed by atoms with van der Waals surface area (Å²) < 4.78 is 38.8. The molecule has 0 bridgehead atoms. The number of hydrogen-bond acceptors (Lipinski definition) is 3. The first kappa shape index (κ1) is 27.1. The zero-order valence-corrected chi connectivity index (χ0v) is 19.1. The van der Waals surface area contributed by atoms with Crippen LogP contribution in [0.2, 0.25) is 0 Å². The fourth-order valence-corrected chi connectivity index (χ4v) is 3.61. The number of nitrogens with zero attached hydrogens (tertiary/aromatic N) is 1. The first-order valence-corrected chi connectivity index (χ1v) is 11.2. The Bertz CT molecular complexity index is 972. The molecule has 0 aromatic heterocycles. The van der Waals surface area contributed by atoms with Crippen LogP contribution in [0, 0.1) is 0 Å². The van der Waals surface area contributed by atoms with Crippen molar-refractivity contribution in [3.8, 4) is 0 Å². The Kier molecular flexibility index (Phi) is 10.3. The van der Waals surface area contributed by atoms with E-state index in [0.717, 1.165) is 50.5 Å². The van der Waals surface area contributed by atoms with Gasteiger partial charge in [-0.1, -0.05) is 55.8 Å². The van der Waals surface area contributed by atoms with Gasteiger partial charge in [0.2, 0.25) is 0 Å². The minimum Gasteiger partial charge on any atom is -0.473 e. The number of unbranched alkanes of at least 4 members (excludes halogenated alkanes) is 1. The zero-order valence-electron chi connectivity index (χ0n) is 19.1. The number of benzene rings is 2. The molecule has 0 spiro atoms. The summed E-state index contributed by atoms with van der Waals surface area (Å²) in [5, 5.41) is 14.8. The number of alkyl halides is 3. The smallest absolute Gasteiger partial charge is 0.416 e. The van der Waals surface area contributed by atoms with Gasteiger partial charge in [-0.15, -0.1) is 0 Å². The molecule has 0 unspecified atom stereocenters. The van der Waals surface area contributed by atoms with Gasteiger partial charge < -0.3 is 10.2 Å². The van der Waals surface area contributed by atoms with E-state index in [1.807, 2.05) is 0 Å². The second-order valence-corrected chi connectivity index (χ2v) is 8.14. The number of carboxylic acid groups (broad SMARTS) is 2. The maximum atomic E-state index is 12.9. The summed E-state index contributed by atoms with van der Waals surface area (Å²) in [5.74, 6) is -3.65. The minimum atomic E-state index is -4.29. The van der Waals surface area contributed by atoms with Gasteiger partial charge in [-0.2, -0.15) is 13.2 Å². The topological polar surface area (TPSA) is 77.8 Å². The lowest BCUT2D eigenvalue weighted by atomic mass is 9.97. The summed E-state index contributed by atoms with van der Waals surface area (Å²) >= 11 is 0. The van der Waals surface area contributed by atoms with E-state index in [9.17, 15) is 13.2 Å². The highest BCUT2D eigenvalue weighted by Gasteiger charge is 2.30. The number of carboxylic acids is 2. The molecule has 0 atom stereocenters. The van der Waals surface area contributed by atoms with Crippen molar-refractivity contribution in [3.63, 3.8) is 0 Å². The quantitative estimate of drug-likeness (QED) is 0.513. The molecule has 5 nitrogen and oxygen atoms in total. The summed E-state index contributed by atoms with van der Waals surface area (Å²) in [4.78, 5) is 20.6. The van der Waals surface area contributed by atoms with Crippen LogP contribution in [0.1, 0.15) is 48.4 Å². The van der Waals surface area contributed by atoms with Crippen LogP contribution in [0.5, 0.6) is 0 Å². The molecule has 0 saturated heterocycles. The Hall–Kier alpha value is -3.13. The Balaban J connectivity index is 0.000000604. The van der Waals surface area contributed by atoms with Crippen molar-refractivity contribution in [2.45, 2.75) is 45.2 Å². The molecule has 0 saturated carbocycles. The third-order valence-electron chi connectivity index (χ3n) is 5.60. The average Bonchev–Trinajstić information content (AvgIpc) is 2.82. The van der Waals surface area contributed by atoms with Gasteiger partial charge in [0.15, 0.2) is 0 Å². The predicted molar refractivity (Wildman–Crippen MR) is 125 cm³/mol. The lowest BCUT2D eigenvalue weighted by Crippen LogP contribution is -2.30. The number of aliphatic carboxylic acids is 2. The Morgan fingerprint density at radius 1 is 0.971 bits per heavy atom. The summed E-state index contributed by atoms with van der Waals surface area (Å²) in [5.41, 5.74) is 3.88. The van der Waals surface area contributed by atoms with Gasteiger partial charge in [0.1, 0.15) is 0 Å². The molecule has 1 heterocycles. The number of halogens is 3. The minimum absolute atomic E-state index is 0.573. The lowest BCUT2D eigenvalue weighted by Gasteiger charge is -2.26. The second-order valence-electron chi connectivity index (χ2n) is 8.14. The maximum absolute atomic E-state index is 12.9.